The van der Waals surface area contributed by atoms with Gasteiger partial charge in [-0.2, -0.15) is 0 Å². The first-order chi connectivity index (χ1) is 43.9. The highest BCUT2D eigenvalue weighted by Gasteiger charge is 2.65. The average Bonchev–Trinajstić information content (AvgIpc) is 0.750. The number of ether oxygens (including phenoxy) is 5. The van der Waals surface area contributed by atoms with E-state index in [4.69, 9.17) is 23.7 Å². The van der Waals surface area contributed by atoms with Crippen LogP contribution in [0.3, 0.4) is 0 Å². The highest BCUT2D eigenvalue weighted by molar-refractivity contribution is 6.17. The number of methoxy groups -OCH3 is 1. The van der Waals surface area contributed by atoms with Gasteiger partial charge in [0, 0.05) is 95.3 Å². The van der Waals surface area contributed by atoms with Crippen LogP contribution in [0, 0.1) is 35.5 Å². The zero-order valence-corrected chi connectivity index (χ0v) is 53.3. The lowest BCUT2D eigenvalue weighted by Gasteiger charge is -2.66. The van der Waals surface area contributed by atoms with E-state index in [0.29, 0.717) is 110 Å². The van der Waals surface area contributed by atoms with Crippen molar-refractivity contribution < 1.29 is 63.9 Å². The van der Waals surface area contributed by atoms with Gasteiger partial charge in [-0.05, 0) is 161 Å². The molecular weight excluding hydrogens is 1140 g/mol. The van der Waals surface area contributed by atoms with Crippen LogP contribution in [-0.2, 0) is 27.8 Å². The van der Waals surface area contributed by atoms with E-state index >= 15 is 0 Å². The van der Waals surface area contributed by atoms with E-state index in [2.05, 4.69) is 52.5 Å². The van der Waals surface area contributed by atoms with Gasteiger partial charge >= 0.3 is 0 Å². The minimum absolute atomic E-state index is 0.0163. The second-order valence-electron chi connectivity index (χ2n) is 27.1. The van der Waals surface area contributed by atoms with Crippen LogP contribution in [-0.4, -0.2) is 140 Å². The van der Waals surface area contributed by atoms with Crippen molar-refractivity contribution in [2.75, 3.05) is 92.0 Å². The van der Waals surface area contributed by atoms with Crippen molar-refractivity contribution in [2.45, 2.75) is 158 Å². The third-order valence-corrected chi connectivity index (χ3v) is 22.5. The molecule has 90 heavy (non-hydrogen) atoms. The molecule has 4 aromatic carbocycles. The van der Waals surface area contributed by atoms with Crippen molar-refractivity contribution >= 4 is 17.5 Å². The molecule has 0 saturated heterocycles. The Balaban J connectivity index is 0.893. The molecule has 10 N–H and O–H groups in total. The fourth-order valence-electron chi connectivity index (χ4n) is 18.5. The van der Waals surface area contributed by atoms with E-state index in [0.717, 1.165) is 79.3 Å². The minimum atomic E-state index is -1.10. The molecule has 2 amide bonds. The molecule has 3 aliphatic heterocycles. The van der Waals surface area contributed by atoms with Gasteiger partial charge in [0.1, 0.15) is 30.6 Å². The summed E-state index contributed by atoms with van der Waals surface area (Å²) >= 11 is 0. The van der Waals surface area contributed by atoms with Crippen molar-refractivity contribution in [3.63, 3.8) is 0 Å². The minimum Gasteiger partial charge on any atom is -0.502 e. The summed E-state index contributed by atoms with van der Waals surface area (Å²) < 4.78 is 32.6. The first-order valence-electron chi connectivity index (χ1n) is 33.9. The summed E-state index contributed by atoms with van der Waals surface area (Å²) in [7, 11) is 3.27. The third-order valence-electron chi connectivity index (χ3n) is 22.5. The Bertz CT molecular complexity index is 3270. The van der Waals surface area contributed by atoms with Crippen LogP contribution in [0.2, 0.25) is 0 Å². The summed E-state index contributed by atoms with van der Waals surface area (Å²) in [4.78, 5) is 30.9. The van der Waals surface area contributed by atoms with Gasteiger partial charge in [-0.15, -0.1) is 0 Å². The van der Waals surface area contributed by atoms with Crippen molar-refractivity contribution in [3.8, 4) is 45.6 Å². The molecule has 4 aromatic rings. The molecule has 2 bridgehead atoms. The number of amides is 2. The molecule has 8 aliphatic rings. The van der Waals surface area contributed by atoms with E-state index < -0.39 is 35.1 Å². The smallest absolute Gasteiger partial charge is 0.258 e. The van der Waals surface area contributed by atoms with Crippen LogP contribution in [0.4, 0.5) is 5.69 Å². The second kappa shape index (κ2) is 27.7. The molecule has 3 saturated carbocycles. The molecule has 5 aliphatic carbocycles. The SMILES string of the molecule is CCCCCCNCCOc1cc(OCNCC)c2c3c1CCc1c-3c(cc3c1[C@@H](O)[C@H](c1cc(OC)c(O)c(OC[C@H](CO)[C@]45C[C@H](C6(N7C(=O)C=C(CNC)C7=O)CCCCC6)C[C@H]6[C@H]([C@H](CO)CCCO)C[C@H](C[C@H]64)c4ccccc45)c1)CO3)N[C@@H]2O. The van der Waals surface area contributed by atoms with Crippen molar-refractivity contribution in [2.24, 2.45) is 35.5 Å². The normalized spacial score (nSPS) is 26.5. The summed E-state index contributed by atoms with van der Waals surface area (Å²) in [5.74, 6) is 0.140. The van der Waals surface area contributed by atoms with Gasteiger partial charge in [-0.3, -0.25) is 19.8 Å². The van der Waals surface area contributed by atoms with E-state index in [9.17, 15) is 40.2 Å². The Hall–Kier alpha value is -5.96. The number of imide groups is 1. The third kappa shape index (κ3) is 11.4. The Kier molecular flexibility index (Phi) is 19.7. The number of phenols is 1. The van der Waals surface area contributed by atoms with Gasteiger partial charge in [-0.1, -0.05) is 76.6 Å². The largest absolute Gasteiger partial charge is 0.502 e. The van der Waals surface area contributed by atoms with Gasteiger partial charge in [0.15, 0.2) is 17.7 Å². The zero-order valence-electron chi connectivity index (χ0n) is 53.3. The van der Waals surface area contributed by atoms with Crippen molar-refractivity contribution in [3.05, 3.63) is 99.1 Å². The van der Waals surface area contributed by atoms with E-state index in [1.807, 2.05) is 19.1 Å². The number of likely N-dealkylation sites (N-methyl/N-ethyl adjacent to an activating group) is 1. The maximum absolute atomic E-state index is 14.7. The molecule has 0 aromatic heterocycles. The maximum Gasteiger partial charge on any atom is 0.258 e. The maximum atomic E-state index is 14.7. The van der Waals surface area contributed by atoms with Crippen molar-refractivity contribution in [1.82, 2.24) is 20.9 Å². The molecule has 3 heterocycles. The summed E-state index contributed by atoms with van der Waals surface area (Å²) in [5.41, 5.74) is 7.41. The number of aromatic hydroxyl groups is 1. The molecule has 12 rings (SSSR count). The first kappa shape index (κ1) is 64.2. The molecular formula is C72H97N5O13. The summed E-state index contributed by atoms with van der Waals surface area (Å²) in [5, 5.41) is 84.0. The predicted octanol–water partition coefficient (Wildman–Crippen LogP) is 8.96. The molecule has 18 heteroatoms. The van der Waals surface area contributed by atoms with Crippen LogP contribution in [0.1, 0.15) is 173 Å². The molecule has 0 radical (unpaired) electrons. The number of phenolic OH excluding ortho intramolecular Hbond substituents is 1. The van der Waals surface area contributed by atoms with Crippen LogP contribution >= 0.6 is 0 Å². The number of aliphatic hydroxyl groups excluding tert-OH is 5. The summed E-state index contributed by atoms with van der Waals surface area (Å²) in [6.07, 6.45) is 13.6. The Labute approximate surface area is 530 Å². The lowest BCUT2D eigenvalue weighted by Crippen LogP contribution is -2.65. The second-order valence-corrected chi connectivity index (χ2v) is 27.1. The van der Waals surface area contributed by atoms with Crippen LogP contribution in [0.5, 0.6) is 34.5 Å². The number of hydrogen-bond acceptors (Lipinski definition) is 17. The van der Waals surface area contributed by atoms with Gasteiger partial charge in [0.05, 0.1) is 44.1 Å². The molecule has 11 atom stereocenters. The van der Waals surface area contributed by atoms with Crippen LogP contribution in [0.15, 0.2) is 60.2 Å². The monoisotopic (exact) mass is 1240 g/mol. The standard InChI is InChI=1S/C72H97N5O13/c1-5-7-8-14-23-75-24-26-87-57-34-59(90-41-74-6-2)66-65-49(57)19-20-50-63(65)56(76-69(66)84)33-58-64(50)67(82)53(40-89-58)44-29-60(86-4)68(83)61(30-44)88-39-47(38-80)72-35-46(71(21-12-9-13-22-71)77-62(81)31-45(36-73-3)70(77)85)32-52-51(42(37-79)16-15-25-78)27-43(28-55(52)72)48-17-10-11-18-54(48)72/h10-11,17-18,29-31,33-34,42-43,46-47,51-53,55,67,69,73-76,78-80,82-84H,5-9,12-16,19-28,32,35-41H2,1-4H3/t42-,43+,46+,47-,51-,52-,53-,55+,67-,69+,72-/m0/s1. The average molecular weight is 1240 g/mol. The fourth-order valence-corrected chi connectivity index (χ4v) is 18.5. The quantitative estimate of drug-likeness (QED) is 0.0138. The number of unbranched alkanes of at least 4 members (excludes halogenated alkanes) is 3. The first-order valence-corrected chi connectivity index (χ1v) is 33.9. The van der Waals surface area contributed by atoms with Gasteiger partial charge < -0.3 is 70.3 Å². The highest BCUT2D eigenvalue weighted by atomic mass is 16.5. The van der Waals surface area contributed by atoms with Crippen LogP contribution in [0.25, 0.3) is 11.1 Å². The Morgan fingerprint density at radius 3 is 2.41 bits per heavy atom. The molecule has 0 spiro atoms. The van der Waals surface area contributed by atoms with Crippen LogP contribution < -0.4 is 45.0 Å². The molecule has 0 unspecified atom stereocenters. The number of carbonyl (C=O) groups is 2. The number of nitrogens with one attached hydrogen (secondary N) is 4. The Morgan fingerprint density at radius 2 is 1.64 bits per heavy atom. The number of benzene rings is 4. The fraction of sp³-hybridized carbons (Fsp3) is 0.611. The topological polar surface area (TPSA) is 253 Å². The number of hydrogen-bond donors (Lipinski definition) is 10. The molecule has 3 fully saturated rings. The number of carbonyl (C=O) groups excluding carboxylic acids is 2. The Morgan fingerprint density at radius 1 is 0.833 bits per heavy atom. The number of rotatable bonds is 29. The summed E-state index contributed by atoms with van der Waals surface area (Å²) in [6, 6.07) is 15.9. The molecule has 18 nitrogen and oxygen atoms in total. The van der Waals surface area contributed by atoms with E-state index in [1.54, 1.807) is 24.1 Å². The number of aliphatic hydroxyl groups is 5. The number of fused-ring (bicyclic) bond motifs is 6. The highest BCUT2D eigenvalue weighted by Crippen LogP contribution is 2.69. The van der Waals surface area contributed by atoms with E-state index in [-0.39, 0.29) is 111 Å². The predicted molar refractivity (Wildman–Crippen MR) is 343 cm³/mol. The summed E-state index contributed by atoms with van der Waals surface area (Å²) in [6.45, 7) is 7.26. The van der Waals surface area contributed by atoms with Gasteiger partial charge in [0.2, 0.25) is 5.75 Å². The lowest BCUT2D eigenvalue weighted by molar-refractivity contribution is -0.158. The van der Waals surface area contributed by atoms with Crippen molar-refractivity contribution in [1.29, 1.82) is 0 Å². The zero-order chi connectivity index (χ0) is 62.8. The lowest BCUT2D eigenvalue weighted by atomic mass is 9.40. The number of nitrogens with zero attached hydrogens (tertiary/aromatic N) is 1. The molecule has 488 valence electrons. The van der Waals surface area contributed by atoms with Gasteiger partial charge in [0.25, 0.3) is 11.8 Å². The van der Waals surface area contributed by atoms with E-state index in [1.165, 1.54) is 38.0 Å². The number of anilines is 1. The van der Waals surface area contributed by atoms with Gasteiger partial charge in [-0.25, -0.2) is 0 Å².